The number of rotatable bonds is 4. The third kappa shape index (κ3) is 3.92. The van der Waals surface area contributed by atoms with Crippen molar-refractivity contribution >= 4 is 23.5 Å². The summed E-state index contributed by atoms with van der Waals surface area (Å²) >= 11 is 5.88. The Morgan fingerprint density at radius 2 is 2.29 bits per heavy atom. The molecule has 1 aliphatic carbocycles. The summed E-state index contributed by atoms with van der Waals surface area (Å²) < 4.78 is 4.94. The van der Waals surface area contributed by atoms with E-state index in [1.54, 1.807) is 31.2 Å². The molecule has 5 nitrogen and oxygen atoms in total. The smallest absolute Gasteiger partial charge is 0.337 e. The Morgan fingerprint density at radius 1 is 1.48 bits per heavy atom. The summed E-state index contributed by atoms with van der Waals surface area (Å²) in [5, 5.41) is 2.90. The maximum atomic E-state index is 12.1. The highest BCUT2D eigenvalue weighted by molar-refractivity contribution is 6.32. The predicted octanol–water partition coefficient (Wildman–Crippen LogP) is 2.63. The molecule has 0 bridgehead atoms. The van der Waals surface area contributed by atoms with Gasteiger partial charge in [-0.15, -0.1) is 0 Å². The molecule has 1 aromatic heterocycles. The van der Waals surface area contributed by atoms with E-state index < -0.39 is 0 Å². The van der Waals surface area contributed by atoms with E-state index in [-0.39, 0.29) is 17.0 Å². The van der Waals surface area contributed by atoms with Crippen LogP contribution < -0.4 is 5.32 Å². The number of nitrogens with zero attached hydrogens (tertiary/aromatic N) is 1. The number of allylic oxidation sites excluding steroid dienone is 2. The zero-order chi connectivity index (χ0) is 15.2. The quantitative estimate of drug-likeness (QED) is 0.686. The van der Waals surface area contributed by atoms with Gasteiger partial charge in [-0.3, -0.25) is 4.79 Å². The average molecular weight is 307 g/mol. The Bertz CT molecular complexity index is 623. The number of amides is 1. The highest BCUT2D eigenvalue weighted by Crippen LogP contribution is 2.18. The molecule has 0 aliphatic heterocycles. The molecule has 110 valence electrons. The van der Waals surface area contributed by atoms with E-state index in [2.05, 4.69) is 10.3 Å². The van der Waals surface area contributed by atoms with Gasteiger partial charge in [0.2, 0.25) is 0 Å². The molecule has 0 aromatic carbocycles. The molecule has 1 N–H and O–H groups in total. The molecule has 0 spiro atoms. The van der Waals surface area contributed by atoms with Gasteiger partial charge in [-0.1, -0.05) is 17.7 Å². The van der Waals surface area contributed by atoms with Gasteiger partial charge in [-0.25, -0.2) is 9.78 Å². The van der Waals surface area contributed by atoms with Crippen molar-refractivity contribution in [3.63, 3.8) is 0 Å². The number of hydrogen-bond donors (Lipinski definition) is 1. The highest BCUT2D eigenvalue weighted by Gasteiger charge is 2.16. The van der Waals surface area contributed by atoms with E-state index in [0.717, 1.165) is 0 Å². The summed E-state index contributed by atoms with van der Waals surface area (Å²) in [4.78, 5) is 27.7. The van der Waals surface area contributed by atoms with Gasteiger partial charge in [0.15, 0.2) is 0 Å². The molecule has 1 amide bonds. The van der Waals surface area contributed by atoms with Crippen LogP contribution in [0.25, 0.3) is 0 Å². The molecule has 1 aromatic rings. The maximum Gasteiger partial charge on any atom is 0.337 e. The van der Waals surface area contributed by atoms with Crippen molar-refractivity contribution in [3.8, 4) is 0 Å². The lowest BCUT2D eigenvalue weighted by molar-refractivity contribution is -0.138. The van der Waals surface area contributed by atoms with Crippen LogP contribution in [0.15, 0.2) is 41.8 Å². The van der Waals surface area contributed by atoms with Crippen LogP contribution >= 0.6 is 11.6 Å². The fraction of sp³-hybridized carbons (Fsp3) is 0.267. The summed E-state index contributed by atoms with van der Waals surface area (Å²) in [5.41, 5.74) is 1.41. The number of carbonyl (C=O) groups excluding carboxylic acids is 2. The molecular formula is C15H15ClN2O3. The molecule has 0 saturated carbocycles. The van der Waals surface area contributed by atoms with E-state index in [1.165, 1.54) is 6.20 Å². The van der Waals surface area contributed by atoms with E-state index in [0.29, 0.717) is 36.3 Å². The van der Waals surface area contributed by atoms with Crippen molar-refractivity contribution in [3.05, 3.63) is 52.5 Å². The number of carbonyl (C=O) groups is 2. The summed E-state index contributed by atoms with van der Waals surface area (Å²) in [5.74, 6) is -0.729. The van der Waals surface area contributed by atoms with Gasteiger partial charge in [-0.2, -0.15) is 0 Å². The minimum Gasteiger partial charge on any atom is -0.462 e. The number of nitrogens with one attached hydrogen (secondary N) is 1. The molecule has 0 saturated heterocycles. The van der Waals surface area contributed by atoms with Crippen molar-refractivity contribution in [2.75, 3.05) is 6.61 Å². The lowest BCUT2D eigenvalue weighted by Crippen LogP contribution is -2.25. The predicted molar refractivity (Wildman–Crippen MR) is 78.7 cm³/mol. The van der Waals surface area contributed by atoms with E-state index in [4.69, 9.17) is 16.3 Å². The van der Waals surface area contributed by atoms with Gasteiger partial charge in [0.05, 0.1) is 17.7 Å². The summed E-state index contributed by atoms with van der Waals surface area (Å²) in [6.45, 7) is 2.06. The second-order valence-corrected chi connectivity index (χ2v) is 4.74. The second-order valence-electron chi connectivity index (χ2n) is 4.38. The minimum atomic E-state index is -0.386. The average Bonchev–Trinajstić information content (AvgIpc) is 2.48. The monoisotopic (exact) mass is 306 g/mol. The Kier molecular flexibility index (Phi) is 5.11. The standard InChI is InChI=1S/C15H15ClN2O3/c1-2-21-15(20)10-5-3-6-11(9-10)18-14(19)12-7-4-8-17-13(12)16/h4-5,7-9H,2-3,6H2,1H3,(H,18,19). The van der Waals surface area contributed by atoms with E-state index in [1.807, 2.05) is 0 Å². The van der Waals surface area contributed by atoms with Crippen molar-refractivity contribution in [1.29, 1.82) is 0 Å². The van der Waals surface area contributed by atoms with Crippen molar-refractivity contribution in [1.82, 2.24) is 10.3 Å². The molecular weight excluding hydrogens is 292 g/mol. The topological polar surface area (TPSA) is 68.3 Å². The van der Waals surface area contributed by atoms with Crippen molar-refractivity contribution < 1.29 is 14.3 Å². The Balaban J connectivity index is 2.09. The summed E-state index contributed by atoms with van der Waals surface area (Å²) in [6.07, 6.45) is 6.25. The van der Waals surface area contributed by atoms with Gasteiger partial charge >= 0.3 is 5.97 Å². The first-order valence-electron chi connectivity index (χ1n) is 6.61. The maximum absolute atomic E-state index is 12.1. The number of hydrogen-bond acceptors (Lipinski definition) is 4. The van der Waals surface area contributed by atoms with Crippen LogP contribution in [0, 0.1) is 0 Å². The van der Waals surface area contributed by atoms with Gasteiger partial charge in [0, 0.05) is 11.9 Å². The van der Waals surface area contributed by atoms with Crippen LogP contribution in [0.5, 0.6) is 0 Å². The molecule has 0 atom stereocenters. The van der Waals surface area contributed by atoms with Crippen LogP contribution in [-0.4, -0.2) is 23.5 Å². The molecule has 0 fully saturated rings. The number of esters is 1. The summed E-state index contributed by atoms with van der Waals surface area (Å²) in [6, 6.07) is 3.23. The zero-order valence-corrected chi connectivity index (χ0v) is 12.3. The third-order valence-corrected chi connectivity index (χ3v) is 3.20. The Morgan fingerprint density at radius 3 is 3.00 bits per heavy atom. The zero-order valence-electron chi connectivity index (χ0n) is 11.6. The fourth-order valence-electron chi connectivity index (χ4n) is 1.93. The third-order valence-electron chi connectivity index (χ3n) is 2.90. The Hall–Kier alpha value is -2.14. The minimum absolute atomic E-state index is 0.146. The molecule has 1 aliphatic rings. The first-order chi connectivity index (χ1) is 10.1. The molecule has 0 radical (unpaired) electrons. The molecule has 2 rings (SSSR count). The van der Waals surface area contributed by atoms with Crippen LogP contribution in [0.2, 0.25) is 5.15 Å². The number of pyridine rings is 1. The second kappa shape index (κ2) is 7.04. The Labute approximate surface area is 127 Å². The lowest BCUT2D eigenvalue weighted by atomic mass is 10.0. The van der Waals surface area contributed by atoms with E-state index in [9.17, 15) is 9.59 Å². The SMILES string of the molecule is CCOC(=O)C1=CCCC(NC(=O)c2cccnc2Cl)=C1. The fourth-order valence-corrected chi connectivity index (χ4v) is 2.13. The lowest BCUT2D eigenvalue weighted by Gasteiger charge is -2.14. The molecule has 6 heteroatoms. The first-order valence-corrected chi connectivity index (χ1v) is 6.99. The van der Waals surface area contributed by atoms with Gasteiger partial charge < -0.3 is 10.1 Å². The van der Waals surface area contributed by atoms with E-state index >= 15 is 0 Å². The molecule has 1 heterocycles. The normalized spacial score (nSPS) is 14.0. The number of halogens is 1. The van der Waals surface area contributed by atoms with Crippen LogP contribution in [0.4, 0.5) is 0 Å². The molecule has 21 heavy (non-hydrogen) atoms. The van der Waals surface area contributed by atoms with Crippen LogP contribution in [0.1, 0.15) is 30.1 Å². The summed E-state index contributed by atoms with van der Waals surface area (Å²) in [7, 11) is 0. The van der Waals surface area contributed by atoms with Crippen LogP contribution in [-0.2, 0) is 9.53 Å². The largest absolute Gasteiger partial charge is 0.462 e. The number of ether oxygens (including phenoxy) is 1. The van der Waals surface area contributed by atoms with Crippen molar-refractivity contribution in [2.24, 2.45) is 0 Å². The molecule has 0 unspecified atom stereocenters. The van der Waals surface area contributed by atoms with Gasteiger partial charge in [-0.05, 0) is 38.0 Å². The van der Waals surface area contributed by atoms with Gasteiger partial charge in [0.25, 0.3) is 5.91 Å². The number of aromatic nitrogens is 1. The highest BCUT2D eigenvalue weighted by atomic mass is 35.5. The van der Waals surface area contributed by atoms with Crippen LogP contribution in [0.3, 0.4) is 0 Å². The van der Waals surface area contributed by atoms with Gasteiger partial charge in [0.1, 0.15) is 5.15 Å². The van der Waals surface area contributed by atoms with Crippen molar-refractivity contribution in [2.45, 2.75) is 19.8 Å². The first kappa shape index (κ1) is 15.3.